The van der Waals surface area contributed by atoms with Crippen molar-refractivity contribution in [3.8, 4) is 0 Å². The largest absolute Gasteiger partial charge is 0.444 e. The van der Waals surface area contributed by atoms with Crippen LogP contribution in [0, 0.1) is 5.92 Å². The molecule has 5 heteroatoms. The summed E-state index contributed by atoms with van der Waals surface area (Å²) in [6, 6.07) is 0.405. The first-order valence-corrected chi connectivity index (χ1v) is 9.59. The van der Waals surface area contributed by atoms with Crippen LogP contribution >= 0.6 is 0 Å². The van der Waals surface area contributed by atoms with Gasteiger partial charge >= 0.3 is 0 Å². The fourth-order valence-corrected chi connectivity index (χ4v) is 3.83. The van der Waals surface area contributed by atoms with Crippen molar-refractivity contribution in [2.75, 3.05) is 13.1 Å². The van der Waals surface area contributed by atoms with Crippen LogP contribution in [0.4, 0.5) is 0 Å². The van der Waals surface area contributed by atoms with Crippen LogP contribution in [0.2, 0.25) is 0 Å². The number of oxazole rings is 1. The van der Waals surface area contributed by atoms with Gasteiger partial charge in [0, 0.05) is 18.5 Å². The molecule has 3 rings (SSSR count). The van der Waals surface area contributed by atoms with Crippen LogP contribution in [-0.4, -0.2) is 34.9 Å². The van der Waals surface area contributed by atoms with Crippen molar-refractivity contribution in [1.82, 2.24) is 15.2 Å². The van der Waals surface area contributed by atoms with Gasteiger partial charge < -0.3 is 9.73 Å². The fourth-order valence-electron chi connectivity index (χ4n) is 3.83. The summed E-state index contributed by atoms with van der Waals surface area (Å²) in [5, 5.41) is 3.29. The van der Waals surface area contributed by atoms with Crippen LogP contribution in [0.1, 0.15) is 76.4 Å². The molecular formula is C19H31N3O2. The first-order chi connectivity index (χ1) is 11.6. The van der Waals surface area contributed by atoms with E-state index >= 15 is 0 Å². The fraction of sp³-hybridized carbons (Fsp3) is 0.789. The lowest BCUT2D eigenvalue weighted by Gasteiger charge is -2.32. The highest BCUT2D eigenvalue weighted by Gasteiger charge is 2.28. The summed E-state index contributed by atoms with van der Waals surface area (Å²) < 4.78 is 5.81. The van der Waals surface area contributed by atoms with E-state index in [9.17, 15) is 4.79 Å². The number of rotatable bonds is 5. The maximum Gasteiger partial charge on any atom is 0.224 e. The van der Waals surface area contributed by atoms with E-state index < -0.39 is 0 Å². The Morgan fingerprint density at radius 2 is 2.08 bits per heavy atom. The van der Waals surface area contributed by atoms with Gasteiger partial charge in [0.15, 0.2) is 0 Å². The molecule has 1 aliphatic carbocycles. The van der Waals surface area contributed by atoms with E-state index in [4.69, 9.17) is 4.42 Å². The van der Waals surface area contributed by atoms with Gasteiger partial charge in [0.05, 0.1) is 18.7 Å². The minimum absolute atomic E-state index is 0.111. The number of hydrogen-bond acceptors (Lipinski definition) is 4. The lowest BCUT2D eigenvalue weighted by molar-refractivity contribution is -0.127. The molecule has 1 saturated carbocycles. The van der Waals surface area contributed by atoms with Gasteiger partial charge in [0.1, 0.15) is 5.76 Å². The molecule has 1 saturated heterocycles. The topological polar surface area (TPSA) is 58.4 Å². The number of piperidine rings is 1. The second-order valence-electron chi connectivity index (χ2n) is 7.73. The number of nitrogens with zero attached hydrogens (tertiary/aromatic N) is 2. The van der Waals surface area contributed by atoms with Crippen molar-refractivity contribution in [3.63, 3.8) is 0 Å². The lowest BCUT2D eigenvalue weighted by atomic mass is 9.93. The van der Waals surface area contributed by atoms with Crippen molar-refractivity contribution < 1.29 is 9.21 Å². The van der Waals surface area contributed by atoms with Gasteiger partial charge in [0.2, 0.25) is 11.8 Å². The summed E-state index contributed by atoms with van der Waals surface area (Å²) >= 11 is 0. The van der Waals surface area contributed by atoms with Crippen molar-refractivity contribution in [2.24, 2.45) is 5.92 Å². The predicted molar refractivity (Wildman–Crippen MR) is 93.6 cm³/mol. The Hall–Kier alpha value is -1.36. The monoisotopic (exact) mass is 333 g/mol. The second kappa shape index (κ2) is 8.15. The predicted octanol–water partition coefficient (Wildman–Crippen LogP) is 3.46. The van der Waals surface area contributed by atoms with Gasteiger partial charge in [-0.25, -0.2) is 4.98 Å². The Morgan fingerprint density at radius 3 is 2.79 bits per heavy atom. The van der Waals surface area contributed by atoms with Crippen LogP contribution in [0.15, 0.2) is 10.6 Å². The van der Waals surface area contributed by atoms with Gasteiger partial charge in [-0.2, -0.15) is 0 Å². The van der Waals surface area contributed by atoms with Crippen LogP contribution in [0.3, 0.4) is 0 Å². The number of carbonyl (C=O) groups is 1. The Morgan fingerprint density at radius 1 is 1.29 bits per heavy atom. The molecule has 1 aromatic heterocycles. The van der Waals surface area contributed by atoms with Gasteiger partial charge in [-0.1, -0.05) is 33.1 Å². The summed E-state index contributed by atoms with van der Waals surface area (Å²) in [7, 11) is 0. The molecule has 0 spiro atoms. The molecule has 24 heavy (non-hydrogen) atoms. The molecule has 134 valence electrons. The third-order valence-corrected chi connectivity index (χ3v) is 5.33. The Kier molecular flexibility index (Phi) is 5.93. The number of aromatic nitrogens is 1. The summed E-state index contributed by atoms with van der Waals surface area (Å²) in [4.78, 5) is 19.3. The number of carbonyl (C=O) groups excluding carboxylic acids is 1. The van der Waals surface area contributed by atoms with Crippen LogP contribution in [0.5, 0.6) is 0 Å². The number of hydrogen-bond donors (Lipinski definition) is 1. The van der Waals surface area contributed by atoms with Crippen LogP contribution < -0.4 is 5.32 Å². The van der Waals surface area contributed by atoms with E-state index in [1.165, 1.54) is 19.3 Å². The molecular weight excluding hydrogens is 302 g/mol. The average Bonchev–Trinajstić information content (AvgIpc) is 3.05. The standard InChI is InChI=1S/C19H31N3O2/c1-14(2)17-11-20-18(24-17)13-22-10-6-7-15(12-22)19(23)21-16-8-4-3-5-9-16/h11,14-16H,3-10,12-13H2,1-2H3,(H,21,23). The van der Waals surface area contributed by atoms with Gasteiger partial charge in [-0.15, -0.1) is 0 Å². The van der Waals surface area contributed by atoms with E-state index in [-0.39, 0.29) is 11.8 Å². The Bertz CT molecular complexity index is 534. The van der Waals surface area contributed by atoms with Crippen LogP contribution in [-0.2, 0) is 11.3 Å². The normalized spacial score (nSPS) is 23.5. The molecule has 2 heterocycles. The molecule has 2 fully saturated rings. The molecule has 1 atom stereocenters. The molecule has 0 bridgehead atoms. The molecule has 0 aromatic carbocycles. The van der Waals surface area contributed by atoms with E-state index in [1.54, 1.807) is 0 Å². The lowest BCUT2D eigenvalue weighted by Crippen LogP contribution is -2.46. The number of amides is 1. The van der Waals surface area contributed by atoms with Crippen molar-refractivity contribution in [1.29, 1.82) is 0 Å². The van der Waals surface area contributed by atoms with E-state index in [0.717, 1.165) is 50.4 Å². The third kappa shape index (κ3) is 4.59. The number of likely N-dealkylation sites (tertiary alicyclic amines) is 1. The summed E-state index contributed by atoms with van der Waals surface area (Å²) in [5.41, 5.74) is 0. The Labute approximate surface area is 145 Å². The third-order valence-electron chi connectivity index (χ3n) is 5.33. The first kappa shape index (κ1) is 17.5. The van der Waals surface area contributed by atoms with E-state index in [2.05, 4.69) is 29.0 Å². The average molecular weight is 333 g/mol. The highest BCUT2D eigenvalue weighted by atomic mass is 16.4. The maximum absolute atomic E-state index is 12.6. The van der Waals surface area contributed by atoms with E-state index in [1.807, 2.05) is 6.20 Å². The zero-order valence-electron chi connectivity index (χ0n) is 15.1. The number of nitrogens with one attached hydrogen (secondary N) is 1. The summed E-state index contributed by atoms with van der Waals surface area (Å²) in [5.74, 6) is 2.43. The summed E-state index contributed by atoms with van der Waals surface area (Å²) in [6.07, 6.45) is 10.0. The molecule has 1 unspecified atom stereocenters. The molecule has 1 amide bonds. The minimum Gasteiger partial charge on any atom is -0.444 e. The molecule has 2 aliphatic rings. The Balaban J connectivity index is 1.50. The van der Waals surface area contributed by atoms with Gasteiger partial charge in [-0.05, 0) is 32.2 Å². The minimum atomic E-state index is 0.111. The molecule has 5 nitrogen and oxygen atoms in total. The second-order valence-corrected chi connectivity index (χ2v) is 7.73. The molecule has 1 aromatic rings. The highest BCUT2D eigenvalue weighted by Crippen LogP contribution is 2.22. The van der Waals surface area contributed by atoms with Crippen molar-refractivity contribution >= 4 is 5.91 Å². The highest BCUT2D eigenvalue weighted by molar-refractivity contribution is 5.79. The quantitative estimate of drug-likeness (QED) is 0.896. The molecule has 0 radical (unpaired) electrons. The van der Waals surface area contributed by atoms with Crippen molar-refractivity contribution in [3.05, 3.63) is 17.8 Å². The van der Waals surface area contributed by atoms with E-state index in [0.29, 0.717) is 18.5 Å². The maximum atomic E-state index is 12.6. The first-order valence-electron chi connectivity index (χ1n) is 9.59. The van der Waals surface area contributed by atoms with Crippen molar-refractivity contribution in [2.45, 2.75) is 77.3 Å². The zero-order valence-corrected chi connectivity index (χ0v) is 15.1. The van der Waals surface area contributed by atoms with Gasteiger partial charge in [-0.3, -0.25) is 9.69 Å². The van der Waals surface area contributed by atoms with Gasteiger partial charge in [0.25, 0.3) is 0 Å². The molecule has 1 aliphatic heterocycles. The molecule has 1 N–H and O–H groups in total. The van der Waals surface area contributed by atoms with Crippen LogP contribution in [0.25, 0.3) is 0 Å². The zero-order chi connectivity index (χ0) is 16.9. The smallest absolute Gasteiger partial charge is 0.224 e. The summed E-state index contributed by atoms with van der Waals surface area (Å²) in [6.45, 7) is 6.76. The SMILES string of the molecule is CC(C)c1cnc(CN2CCCC(C(=O)NC3CCCCC3)C2)o1.